The Bertz CT molecular complexity index is 267. The van der Waals surface area contributed by atoms with E-state index < -0.39 is 5.97 Å². The maximum atomic E-state index is 11.6. The Morgan fingerprint density at radius 3 is 2.60 bits per heavy atom. The lowest BCUT2D eigenvalue weighted by atomic mass is 9.92. The van der Waals surface area contributed by atoms with Crippen molar-refractivity contribution in [3.05, 3.63) is 0 Å². The zero-order valence-electron chi connectivity index (χ0n) is 9.62. The van der Waals surface area contributed by atoms with Crippen molar-refractivity contribution in [1.29, 1.82) is 0 Å². The molecule has 1 N–H and O–H groups in total. The third-order valence-corrected chi connectivity index (χ3v) is 2.51. The summed E-state index contributed by atoms with van der Waals surface area (Å²) in [7, 11) is 0. The predicted molar refractivity (Wildman–Crippen MR) is 56.4 cm³/mol. The lowest BCUT2D eigenvalue weighted by molar-refractivity contribution is -0.148. The van der Waals surface area contributed by atoms with Gasteiger partial charge in [0.2, 0.25) is 5.91 Å². The first-order valence-electron chi connectivity index (χ1n) is 5.30. The summed E-state index contributed by atoms with van der Waals surface area (Å²) in [6, 6.07) is 0. The van der Waals surface area contributed by atoms with Crippen molar-refractivity contribution in [3.8, 4) is 0 Å². The van der Waals surface area contributed by atoms with Gasteiger partial charge in [-0.15, -0.1) is 0 Å². The second-order valence-electron chi connectivity index (χ2n) is 5.41. The minimum Gasteiger partial charge on any atom is -0.481 e. The first kappa shape index (κ1) is 12.0. The molecule has 0 radical (unpaired) electrons. The molecule has 4 nitrogen and oxygen atoms in total. The Morgan fingerprint density at radius 2 is 2.13 bits per heavy atom. The molecule has 4 heteroatoms. The molecular weight excluding hydrogens is 194 g/mol. The van der Waals surface area contributed by atoms with Crippen molar-refractivity contribution in [2.75, 3.05) is 13.1 Å². The van der Waals surface area contributed by atoms with Gasteiger partial charge in [-0.05, 0) is 11.8 Å². The number of carboxylic acid groups (broad SMARTS) is 1. The first-order chi connectivity index (χ1) is 6.79. The van der Waals surface area contributed by atoms with Crippen molar-refractivity contribution in [2.24, 2.45) is 11.3 Å². The third-order valence-electron chi connectivity index (χ3n) is 2.51. The van der Waals surface area contributed by atoms with Gasteiger partial charge in [-0.3, -0.25) is 9.59 Å². The molecule has 0 aliphatic carbocycles. The number of hydrogen-bond acceptors (Lipinski definition) is 2. The second-order valence-corrected chi connectivity index (χ2v) is 5.41. The highest BCUT2D eigenvalue weighted by Gasteiger charge is 2.31. The molecular formula is C11H19NO3. The van der Waals surface area contributed by atoms with Crippen LogP contribution in [0.25, 0.3) is 0 Å². The number of nitrogens with zero attached hydrogens (tertiary/aromatic N) is 1. The van der Waals surface area contributed by atoms with Crippen LogP contribution in [0.1, 0.15) is 33.6 Å². The Labute approximate surface area is 90.3 Å². The largest absolute Gasteiger partial charge is 0.481 e. The van der Waals surface area contributed by atoms with Crippen LogP contribution in [0.2, 0.25) is 0 Å². The van der Waals surface area contributed by atoms with E-state index in [0.717, 1.165) is 0 Å². The molecule has 1 amide bonds. The van der Waals surface area contributed by atoms with E-state index in [-0.39, 0.29) is 17.2 Å². The molecule has 1 saturated heterocycles. The molecule has 1 rings (SSSR count). The molecule has 15 heavy (non-hydrogen) atoms. The molecule has 1 atom stereocenters. The number of likely N-dealkylation sites (tertiary alicyclic amines) is 1. The molecule has 0 spiro atoms. The Balaban J connectivity index is 2.62. The molecule has 0 aromatic carbocycles. The summed E-state index contributed by atoms with van der Waals surface area (Å²) in [5.74, 6) is -1.09. The van der Waals surface area contributed by atoms with E-state index in [1.807, 2.05) is 20.8 Å². The van der Waals surface area contributed by atoms with Crippen LogP contribution in [-0.2, 0) is 9.59 Å². The van der Waals surface area contributed by atoms with Gasteiger partial charge < -0.3 is 10.0 Å². The van der Waals surface area contributed by atoms with Crippen molar-refractivity contribution in [3.63, 3.8) is 0 Å². The summed E-state index contributed by atoms with van der Waals surface area (Å²) in [6.07, 6.45) is 0.849. The Morgan fingerprint density at radius 1 is 1.53 bits per heavy atom. The van der Waals surface area contributed by atoms with Gasteiger partial charge in [0.25, 0.3) is 0 Å². The maximum absolute atomic E-state index is 11.6. The normalized spacial score (nSPS) is 23.0. The number of aliphatic carboxylic acids is 1. The average molecular weight is 213 g/mol. The van der Waals surface area contributed by atoms with Gasteiger partial charge in [0.1, 0.15) is 0 Å². The standard InChI is InChI=1S/C11H19NO3/c1-11(2,3)7-12-6-8(10(14)15)4-5-9(12)13/h8H,4-7H2,1-3H3,(H,14,15). The Kier molecular flexibility index (Phi) is 3.37. The van der Waals surface area contributed by atoms with Gasteiger partial charge in [-0.25, -0.2) is 0 Å². The van der Waals surface area contributed by atoms with Gasteiger partial charge in [-0.2, -0.15) is 0 Å². The zero-order valence-corrected chi connectivity index (χ0v) is 9.62. The number of rotatable bonds is 2. The molecule has 86 valence electrons. The second kappa shape index (κ2) is 4.21. The molecule has 0 bridgehead atoms. The zero-order chi connectivity index (χ0) is 11.6. The van der Waals surface area contributed by atoms with Crippen LogP contribution in [0.15, 0.2) is 0 Å². The predicted octanol–water partition coefficient (Wildman–Crippen LogP) is 1.36. The molecule has 1 heterocycles. The van der Waals surface area contributed by atoms with Crippen molar-refractivity contribution in [2.45, 2.75) is 33.6 Å². The number of carbonyl (C=O) groups is 2. The molecule has 0 saturated carbocycles. The Hall–Kier alpha value is -1.06. The van der Waals surface area contributed by atoms with Gasteiger partial charge in [0.15, 0.2) is 0 Å². The van der Waals surface area contributed by atoms with Crippen LogP contribution < -0.4 is 0 Å². The van der Waals surface area contributed by atoms with E-state index in [9.17, 15) is 9.59 Å². The van der Waals surface area contributed by atoms with Crippen LogP contribution in [0.4, 0.5) is 0 Å². The van der Waals surface area contributed by atoms with Gasteiger partial charge >= 0.3 is 5.97 Å². The number of carboxylic acids is 1. The fourth-order valence-corrected chi connectivity index (χ4v) is 1.84. The van der Waals surface area contributed by atoms with Crippen LogP contribution in [-0.4, -0.2) is 35.0 Å². The highest BCUT2D eigenvalue weighted by atomic mass is 16.4. The summed E-state index contributed by atoms with van der Waals surface area (Å²) in [6.45, 7) is 7.14. The van der Waals surface area contributed by atoms with Gasteiger partial charge in [0, 0.05) is 19.5 Å². The minimum atomic E-state index is -0.790. The van der Waals surface area contributed by atoms with Crippen molar-refractivity contribution >= 4 is 11.9 Å². The lowest BCUT2D eigenvalue weighted by Crippen LogP contribution is -2.45. The smallest absolute Gasteiger partial charge is 0.308 e. The van der Waals surface area contributed by atoms with Crippen LogP contribution in [0.5, 0.6) is 0 Å². The topological polar surface area (TPSA) is 57.6 Å². The fraction of sp³-hybridized carbons (Fsp3) is 0.818. The third kappa shape index (κ3) is 3.53. The van der Waals surface area contributed by atoms with E-state index in [4.69, 9.17) is 5.11 Å². The van der Waals surface area contributed by atoms with E-state index in [1.54, 1.807) is 4.90 Å². The first-order valence-corrected chi connectivity index (χ1v) is 5.30. The summed E-state index contributed by atoms with van der Waals surface area (Å²) in [5.41, 5.74) is 0.0239. The number of carbonyl (C=O) groups excluding carboxylic acids is 1. The summed E-state index contributed by atoms with van der Waals surface area (Å²) >= 11 is 0. The molecule has 0 aromatic heterocycles. The van der Waals surface area contributed by atoms with Gasteiger partial charge in [-0.1, -0.05) is 20.8 Å². The van der Waals surface area contributed by atoms with E-state index in [1.165, 1.54) is 0 Å². The van der Waals surface area contributed by atoms with Crippen molar-refractivity contribution in [1.82, 2.24) is 4.90 Å². The molecule has 1 fully saturated rings. The quantitative estimate of drug-likeness (QED) is 0.753. The van der Waals surface area contributed by atoms with E-state index >= 15 is 0 Å². The van der Waals surface area contributed by atoms with Crippen LogP contribution in [0.3, 0.4) is 0 Å². The number of piperidine rings is 1. The molecule has 1 aliphatic rings. The highest BCUT2D eigenvalue weighted by Crippen LogP contribution is 2.22. The summed E-state index contributed by atoms with van der Waals surface area (Å²) in [5, 5.41) is 8.90. The van der Waals surface area contributed by atoms with Crippen LogP contribution in [0, 0.1) is 11.3 Å². The minimum absolute atomic E-state index is 0.0239. The van der Waals surface area contributed by atoms with Crippen molar-refractivity contribution < 1.29 is 14.7 Å². The molecule has 1 unspecified atom stereocenters. The SMILES string of the molecule is CC(C)(C)CN1CC(C(=O)O)CCC1=O. The number of hydrogen-bond donors (Lipinski definition) is 1. The average Bonchev–Trinajstić information content (AvgIpc) is 2.06. The van der Waals surface area contributed by atoms with E-state index in [2.05, 4.69) is 0 Å². The maximum Gasteiger partial charge on any atom is 0.308 e. The van der Waals surface area contributed by atoms with Crippen LogP contribution >= 0.6 is 0 Å². The lowest BCUT2D eigenvalue weighted by Gasteiger charge is -2.35. The summed E-state index contributed by atoms with van der Waals surface area (Å²) < 4.78 is 0. The molecule has 0 aromatic rings. The summed E-state index contributed by atoms with van der Waals surface area (Å²) in [4.78, 5) is 24.1. The molecule has 1 aliphatic heterocycles. The highest BCUT2D eigenvalue weighted by molar-refractivity contribution is 5.80. The van der Waals surface area contributed by atoms with E-state index in [0.29, 0.717) is 25.9 Å². The number of amides is 1. The fourth-order valence-electron chi connectivity index (χ4n) is 1.84. The monoisotopic (exact) mass is 213 g/mol. The van der Waals surface area contributed by atoms with Gasteiger partial charge in [0.05, 0.1) is 5.92 Å².